The van der Waals surface area contributed by atoms with Gasteiger partial charge in [-0.3, -0.25) is 0 Å². The molecule has 1 unspecified atom stereocenters. The summed E-state index contributed by atoms with van der Waals surface area (Å²) in [6.45, 7) is 2.94. The second-order valence-corrected chi connectivity index (χ2v) is 5.31. The van der Waals surface area contributed by atoms with Crippen LogP contribution in [0.15, 0.2) is 24.3 Å². The monoisotopic (exact) mass is 247 g/mol. The van der Waals surface area contributed by atoms with Crippen LogP contribution in [0.1, 0.15) is 48.5 Å². The molecular formula is C15H21NO2. The first-order valence-corrected chi connectivity index (χ1v) is 6.71. The predicted molar refractivity (Wildman–Crippen MR) is 71.7 cm³/mol. The molecule has 1 aliphatic carbocycles. The van der Waals surface area contributed by atoms with E-state index in [0.29, 0.717) is 11.6 Å². The third kappa shape index (κ3) is 4.15. The van der Waals surface area contributed by atoms with E-state index in [1.54, 1.807) is 18.2 Å². The molecule has 0 radical (unpaired) electrons. The van der Waals surface area contributed by atoms with E-state index < -0.39 is 5.97 Å². The van der Waals surface area contributed by atoms with Crippen molar-refractivity contribution in [2.75, 3.05) is 0 Å². The normalized spacial score (nSPS) is 16.5. The third-order valence-corrected chi connectivity index (χ3v) is 3.53. The van der Waals surface area contributed by atoms with Crippen LogP contribution >= 0.6 is 0 Å². The zero-order chi connectivity index (χ0) is 13.0. The predicted octanol–water partition coefficient (Wildman–Crippen LogP) is 3.05. The maximum Gasteiger partial charge on any atom is 0.335 e. The summed E-state index contributed by atoms with van der Waals surface area (Å²) in [5.41, 5.74) is 1.40. The summed E-state index contributed by atoms with van der Waals surface area (Å²) in [4.78, 5) is 10.9. The number of nitrogens with one attached hydrogen (secondary N) is 1. The highest BCUT2D eigenvalue weighted by Crippen LogP contribution is 2.33. The summed E-state index contributed by atoms with van der Waals surface area (Å²) in [7, 11) is 0. The molecule has 1 aromatic carbocycles. The van der Waals surface area contributed by atoms with Crippen molar-refractivity contribution in [2.45, 2.75) is 45.2 Å². The van der Waals surface area contributed by atoms with Crippen molar-refractivity contribution in [1.82, 2.24) is 5.32 Å². The molecule has 0 bridgehead atoms. The molecule has 0 spiro atoms. The van der Waals surface area contributed by atoms with Crippen molar-refractivity contribution >= 4 is 5.97 Å². The van der Waals surface area contributed by atoms with Crippen LogP contribution in [0.4, 0.5) is 0 Å². The molecule has 1 atom stereocenters. The van der Waals surface area contributed by atoms with Gasteiger partial charge in [0.2, 0.25) is 0 Å². The lowest BCUT2D eigenvalue weighted by molar-refractivity contribution is 0.0696. The molecule has 0 aromatic heterocycles. The number of benzene rings is 1. The molecule has 2 rings (SSSR count). The van der Waals surface area contributed by atoms with E-state index in [1.807, 2.05) is 6.07 Å². The van der Waals surface area contributed by atoms with Gasteiger partial charge in [0, 0.05) is 12.6 Å². The standard InChI is InChI=1S/C15H21NO2/c1-11(5-6-12-7-8-12)16-10-13-3-2-4-14(9-13)15(17)18/h2-4,9,11-12,16H,5-8,10H2,1H3,(H,17,18). The van der Waals surface area contributed by atoms with Crippen LogP contribution in [0.3, 0.4) is 0 Å². The summed E-state index contributed by atoms with van der Waals surface area (Å²) in [5, 5.41) is 12.4. The molecule has 1 saturated carbocycles. The molecule has 1 fully saturated rings. The van der Waals surface area contributed by atoms with Gasteiger partial charge in [-0.15, -0.1) is 0 Å². The summed E-state index contributed by atoms with van der Waals surface area (Å²) in [5.74, 6) is 0.114. The quantitative estimate of drug-likeness (QED) is 0.778. The van der Waals surface area contributed by atoms with Crippen LogP contribution in [-0.4, -0.2) is 17.1 Å². The van der Waals surface area contributed by atoms with E-state index in [9.17, 15) is 4.79 Å². The molecular weight excluding hydrogens is 226 g/mol. The van der Waals surface area contributed by atoms with Gasteiger partial charge in [-0.2, -0.15) is 0 Å². The number of carboxylic acids is 1. The Kier molecular flexibility index (Phi) is 4.37. The van der Waals surface area contributed by atoms with E-state index in [2.05, 4.69) is 12.2 Å². The van der Waals surface area contributed by atoms with Crippen LogP contribution in [0.2, 0.25) is 0 Å². The average Bonchev–Trinajstić information content (AvgIpc) is 3.18. The molecule has 0 saturated heterocycles. The lowest BCUT2D eigenvalue weighted by atomic mass is 10.1. The Morgan fingerprint density at radius 1 is 1.50 bits per heavy atom. The molecule has 0 aliphatic heterocycles. The smallest absolute Gasteiger partial charge is 0.335 e. The Hall–Kier alpha value is -1.35. The summed E-state index contributed by atoms with van der Waals surface area (Å²) in [6.07, 6.45) is 5.35. The van der Waals surface area contributed by atoms with Gasteiger partial charge in [-0.1, -0.05) is 25.0 Å². The second kappa shape index (κ2) is 6.01. The highest BCUT2D eigenvalue weighted by Gasteiger charge is 2.21. The molecule has 0 amide bonds. The van der Waals surface area contributed by atoms with Gasteiger partial charge >= 0.3 is 5.97 Å². The molecule has 98 valence electrons. The fourth-order valence-electron chi connectivity index (χ4n) is 2.10. The Balaban J connectivity index is 1.77. The Morgan fingerprint density at radius 3 is 2.94 bits per heavy atom. The topological polar surface area (TPSA) is 49.3 Å². The van der Waals surface area contributed by atoms with Crippen molar-refractivity contribution in [1.29, 1.82) is 0 Å². The molecule has 1 aromatic rings. The highest BCUT2D eigenvalue weighted by molar-refractivity contribution is 5.87. The van der Waals surface area contributed by atoms with E-state index in [0.717, 1.165) is 18.0 Å². The lowest BCUT2D eigenvalue weighted by Gasteiger charge is -2.13. The zero-order valence-electron chi connectivity index (χ0n) is 10.9. The summed E-state index contributed by atoms with van der Waals surface area (Å²) >= 11 is 0. The number of carbonyl (C=O) groups is 1. The number of hydrogen-bond acceptors (Lipinski definition) is 2. The minimum Gasteiger partial charge on any atom is -0.478 e. The van der Waals surface area contributed by atoms with Gasteiger partial charge in [0.15, 0.2) is 0 Å². The van der Waals surface area contributed by atoms with Gasteiger partial charge in [0.25, 0.3) is 0 Å². The SMILES string of the molecule is CC(CCC1CC1)NCc1cccc(C(=O)O)c1. The third-order valence-electron chi connectivity index (χ3n) is 3.53. The van der Waals surface area contributed by atoms with E-state index in [4.69, 9.17) is 5.11 Å². The fourth-order valence-corrected chi connectivity index (χ4v) is 2.10. The molecule has 3 nitrogen and oxygen atoms in total. The zero-order valence-corrected chi connectivity index (χ0v) is 10.9. The Morgan fingerprint density at radius 2 is 2.28 bits per heavy atom. The number of rotatable bonds is 7. The first-order chi connectivity index (χ1) is 8.65. The lowest BCUT2D eigenvalue weighted by Crippen LogP contribution is -2.25. The van der Waals surface area contributed by atoms with Crippen molar-refractivity contribution in [3.05, 3.63) is 35.4 Å². The molecule has 3 heteroatoms. The molecule has 1 aliphatic rings. The Labute approximate surface area is 108 Å². The van der Waals surface area contributed by atoms with Gasteiger partial charge in [0.05, 0.1) is 5.56 Å². The van der Waals surface area contributed by atoms with Crippen LogP contribution < -0.4 is 5.32 Å². The van der Waals surface area contributed by atoms with Crippen LogP contribution in [0.5, 0.6) is 0 Å². The fraction of sp³-hybridized carbons (Fsp3) is 0.533. The number of carboxylic acid groups (broad SMARTS) is 1. The molecule has 2 N–H and O–H groups in total. The maximum absolute atomic E-state index is 10.9. The highest BCUT2D eigenvalue weighted by atomic mass is 16.4. The van der Waals surface area contributed by atoms with Crippen molar-refractivity contribution in [3.8, 4) is 0 Å². The Bertz CT molecular complexity index is 413. The minimum atomic E-state index is -0.862. The van der Waals surface area contributed by atoms with Gasteiger partial charge in [0.1, 0.15) is 0 Å². The van der Waals surface area contributed by atoms with Crippen molar-refractivity contribution in [3.63, 3.8) is 0 Å². The van der Waals surface area contributed by atoms with Gasteiger partial charge < -0.3 is 10.4 Å². The van der Waals surface area contributed by atoms with Crippen LogP contribution in [-0.2, 0) is 6.54 Å². The largest absolute Gasteiger partial charge is 0.478 e. The van der Waals surface area contributed by atoms with E-state index >= 15 is 0 Å². The molecule has 18 heavy (non-hydrogen) atoms. The van der Waals surface area contributed by atoms with E-state index in [1.165, 1.54) is 25.7 Å². The summed E-state index contributed by atoms with van der Waals surface area (Å²) in [6, 6.07) is 7.63. The summed E-state index contributed by atoms with van der Waals surface area (Å²) < 4.78 is 0. The number of hydrogen-bond donors (Lipinski definition) is 2. The number of aromatic carboxylic acids is 1. The maximum atomic E-state index is 10.9. The first kappa shape index (κ1) is 13.1. The second-order valence-electron chi connectivity index (χ2n) is 5.31. The van der Waals surface area contributed by atoms with E-state index in [-0.39, 0.29) is 0 Å². The van der Waals surface area contributed by atoms with Gasteiger partial charge in [-0.25, -0.2) is 4.79 Å². The van der Waals surface area contributed by atoms with Crippen molar-refractivity contribution in [2.24, 2.45) is 5.92 Å². The van der Waals surface area contributed by atoms with Crippen LogP contribution in [0, 0.1) is 5.92 Å². The first-order valence-electron chi connectivity index (χ1n) is 6.71. The van der Waals surface area contributed by atoms with Gasteiger partial charge in [-0.05, 0) is 43.4 Å². The van der Waals surface area contributed by atoms with Crippen molar-refractivity contribution < 1.29 is 9.90 Å². The average molecular weight is 247 g/mol. The minimum absolute atomic E-state index is 0.361. The van der Waals surface area contributed by atoms with Crippen LogP contribution in [0.25, 0.3) is 0 Å². The molecule has 0 heterocycles.